The molecule has 1 aliphatic rings. The Hall–Kier alpha value is -3.25. The zero-order valence-corrected chi connectivity index (χ0v) is 23.4. The first-order valence-corrected chi connectivity index (χ1v) is 13.7. The smallest absolute Gasteiger partial charge is 0.433 e. The van der Waals surface area contributed by atoms with Gasteiger partial charge in [-0.1, -0.05) is 41.4 Å². The summed E-state index contributed by atoms with van der Waals surface area (Å²) in [4.78, 5) is 26.1. The van der Waals surface area contributed by atoms with Gasteiger partial charge in [0, 0.05) is 23.1 Å². The molecule has 3 aromatic rings. The fourth-order valence-electron chi connectivity index (χ4n) is 5.11. The van der Waals surface area contributed by atoms with Gasteiger partial charge in [0.2, 0.25) is 0 Å². The second-order valence-electron chi connectivity index (χ2n) is 10.1. The third-order valence-corrected chi connectivity index (χ3v) is 8.03. The first-order chi connectivity index (χ1) is 19.7. The lowest BCUT2D eigenvalue weighted by molar-refractivity contribution is -0.147. The van der Waals surface area contributed by atoms with Crippen LogP contribution in [0.1, 0.15) is 64.5 Å². The van der Waals surface area contributed by atoms with Gasteiger partial charge in [-0.2, -0.15) is 31.4 Å². The fourth-order valence-corrected chi connectivity index (χ4v) is 5.69. The van der Waals surface area contributed by atoms with Crippen molar-refractivity contribution in [2.24, 2.45) is 5.92 Å². The van der Waals surface area contributed by atoms with Crippen molar-refractivity contribution >= 4 is 35.1 Å². The van der Waals surface area contributed by atoms with Gasteiger partial charge in [0.25, 0.3) is 5.91 Å². The molecule has 14 heteroatoms. The van der Waals surface area contributed by atoms with E-state index in [1.54, 1.807) is 18.2 Å². The van der Waals surface area contributed by atoms with E-state index in [-0.39, 0.29) is 60.8 Å². The molecular formula is C28H25Cl2F6N3O3. The molecule has 1 amide bonds. The number of hydrogen-bond donors (Lipinski definition) is 1. The van der Waals surface area contributed by atoms with E-state index in [1.807, 2.05) is 0 Å². The van der Waals surface area contributed by atoms with Gasteiger partial charge in [-0.3, -0.25) is 14.3 Å². The van der Waals surface area contributed by atoms with Crippen LogP contribution in [-0.4, -0.2) is 38.2 Å². The molecule has 1 heterocycles. The molecule has 226 valence electrons. The minimum atomic E-state index is -4.97. The van der Waals surface area contributed by atoms with Gasteiger partial charge in [-0.25, -0.2) is 0 Å². The molecule has 1 aromatic heterocycles. The van der Waals surface area contributed by atoms with Crippen LogP contribution in [0.25, 0.3) is 0 Å². The molecule has 0 unspecified atom stereocenters. The lowest BCUT2D eigenvalue weighted by Gasteiger charge is -2.28. The van der Waals surface area contributed by atoms with Crippen molar-refractivity contribution in [3.63, 3.8) is 0 Å². The van der Waals surface area contributed by atoms with E-state index in [4.69, 9.17) is 23.2 Å². The first-order valence-electron chi connectivity index (χ1n) is 12.9. The Kier molecular flexibility index (Phi) is 9.46. The maximum Gasteiger partial charge on any atom is 0.433 e. The molecule has 42 heavy (non-hydrogen) atoms. The molecule has 0 bridgehead atoms. The molecule has 0 spiro atoms. The van der Waals surface area contributed by atoms with Gasteiger partial charge >= 0.3 is 18.3 Å². The van der Waals surface area contributed by atoms with Crippen molar-refractivity contribution in [1.29, 1.82) is 0 Å². The number of halogens is 8. The Morgan fingerprint density at radius 1 is 0.929 bits per heavy atom. The van der Waals surface area contributed by atoms with Crippen LogP contribution in [0.3, 0.4) is 0 Å². The molecule has 1 saturated carbocycles. The highest BCUT2D eigenvalue weighted by Gasteiger charge is 2.43. The molecule has 0 radical (unpaired) electrons. The summed E-state index contributed by atoms with van der Waals surface area (Å²) in [6.07, 6.45) is -8.08. The summed E-state index contributed by atoms with van der Waals surface area (Å²) in [7, 11) is 0. The standard InChI is InChI=1S/C28H25Cl2F6N3O3/c29-22-2-1-3-23(30)20(22)12-13-38(15-16-4-8-18(9-5-16)27(31,32)33)25(40)21-14-37-39(24(21)28(34,35)36)19-10-6-17(7-11-19)26(41)42/h1-5,8-9,14,17,19H,6-7,10-13,15H2,(H,41,42)/t17-,19-. The van der Waals surface area contributed by atoms with Crippen molar-refractivity contribution in [1.82, 2.24) is 14.7 Å². The van der Waals surface area contributed by atoms with E-state index < -0.39 is 53.0 Å². The maximum absolute atomic E-state index is 14.4. The number of alkyl halides is 6. The lowest BCUT2D eigenvalue weighted by Crippen LogP contribution is -2.34. The summed E-state index contributed by atoms with van der Waals surface area (Å²) in [5.41, 5.74) is -2.19. The highest BCUT2D eigenvalue weighted by atomic mass is 35.5. The van der Waals surface area contributed by atoms with E-state index in [0.717, 1.165) is 40.0 Å². The van der Waals surface area contributed by atoms with Crippen molar-refractivity contribution in [3.8, 4) is 0 Å². The minimum Gasteiger partial charge on any atom is -0.481 e. The number of carboxylic acids is 1. The predicted octanol–water partition coefficient (Wildman–Crippen LogP) is 7.93. The second kappa shape index (κ2) is 12.5. The molecular weight excluding hydrogens is 611 g/mol. The average Bonchev–Trinajstić information content (AvgIpc) is 3.38. The van der Waals surface area contributed by atoms with Crippen LogP contribution in [0.4, 0.5) is 26.3 Å². The molecule has 0 atom stereocenters. The topological polar surface area (TPSA) is 75.4 Å². The summed E-state index contributed by atoms with van der Waals surface area (Å²) >= 11 is 12.5. The monoisotopic (exact) mass is 635 g/mol. The molecule has 6 nitrogen and oxygen atoms in total. The van der Waals surface area contributed by atoms with Gasteiger partial charge in [0.05, 0.1) is 29.3 Å². The normalized spacial score (nSPS) is 17.7. The van der Waals surface area contributed by atoms with E-state index in [9.17, 15) is 41.0 Å². The van der Waals surface area contributed by atoms with Crippen LogP contribution < -0.4 is 0 Å². The van der Waals surface area contributed by atoms with Crippen LogP contribution in [0.15, 0.2) is 48.7 Å². The van der Waals surface area contributed by atoms with E-state index >= 15 is 0 Å². The van der Waals surface area contributed by atoms with Crippen molar-refractivity contribution in [3.05, 3.63) is 86.7 Å². The molecule has 1 N–H and O–H groups in total. The summed E-state index contributed by atoms with van der Waals surface area (Å²) in [5, 5.41) is 13.7. The average molecular weight is 636 g/mol. The summed E-state index contributed by atoms with van der Waals surface area (Å²) in [6.45, 7) is -0.458. The molecule has 0 aliphatic heterocycles. The Morgan fingerprint density at radius 2 is 1.52 bits per heavy atom. The van der Waals surface area contributed by atoms with Crippen LogP contribution in [0, 0.1) is 5.92 Å². The highest BCUT2D eigenvalue weighted by molar-refractivity contribution is 6.36. The van der Waals surface area contributed by atoms with Gasteiger partial charge in [0.15, 0.2) is 5.69 Å². The van der Waals surface area contributed by atoms with Crippen molar-refractivity contribution in [2.45, 2.75) is 57.0 Å². The number of aliphatic carboxylic acids is 1. The molecule has 1 aliphatic carbocycles. The predicted molar refractivity (Wildman–Crippen MR) is 142 cm³/mol. The van der Waals surface area contributed by atoms with Gasteiger partial charge < -0.3 is 10.0 Å². The number of rotatable bonds is 8. The number of benzene rings is 2. The highest BCUT2D eigenvalue weighted by Crippen LogP contribution is 2.39. The Balaban J connectivity index is 1.67. The molecule has 4 rings (SSSR count). The first kappa shape index (κ1) is 31.7. The van der Waals surface area contributed by atoms with E-state index in [1.165, 1.54) is 0 Å². The van der Waals surface area contributed by atoms with Crippen LogP contribution >= 0.6 is 23.2 Å². The van der Waals surface area contributed by atoms with Gasteiger partial charge in [-0.15, -0.1) is 0 Å². The zero-order valence-electron chi connectivity index (χ0n) is 21.9. The number of carbonyl (C=O) groups excluding carboxylic acids is 1. The number of amides is 1. The largest absolute Gasteiger partial charge is 0.481 e. The lowest BCUT2D eigenvalue weighted by atomic mass is 9.86. The number of aromatic nitrogens is 2. The Bertz CT molecular complexity index is 1410. The molecule has 0 saturated heterocycles. The third kappa shape index (κ3) is 7.20. The molecule has 2 aromatic carbocycles. The van der Waals surface area contributed by atoms with Crippen LogP contribution in [-0.2, 0) is 30.1 Å². The quantitative estimate of drug-likeness (QED) is 0.255. The molecule has 1 fully saturated rings. The summed E-state index contributed by atoms with van der Waals surface area (Å²) < 4.78 is 83.1. The van der Waals surface area contributed by atoms with E-state index in [2.05, 4.69) is 5.10 Å². The SMILES string of the molecule is O=C(c1cnn([C@H]2CC[C@H](C(=O)O)CC2)c1C(F)(F)F)N(CCc1c(Cl)cccc1Cl)Cc1ccc(C(F)(F)F)cc1. The fraction of sp³-hybridized carbons (Fsp3) is 0.393. The van der Waals surface area contributed by atoms with Crippen molar-refractivity contribution in [2.75, 3.05) is 6.54 Å². The minimum absolute atomic E-state index is 0.0551. The van der Waals surface area contributed by atoms with Crippen LogP contribution in [0.5, 0.6) is 0 Å². The Morgan fingerprint density at radius 3 is 2.05 bits per heavy atom. The maximum atomic E-state index is 14.4. The number of carbonyl (C=O) groups is 2. The number of carboxylic acid groups (broad SMARTS) is 1. The van der Waals surface area contributed by atoms with Crippen LogP contribution in [0.2, 0.25) is 10.0 Å². The number of nitrogens with zero attached hydrogens (tertiary/aromatic N) is 3. The van der Waals surface area contributed by atoms with E-state index in [0.29, 0.717) is 5.56 Å². The van der Waals surface area contributed by atoms with Gasteiger partial charge in [-0.05, 0) is 67.5 Å². The second-order valence-corrected chi connectivity index (χ2v) is 10.9. The zero-order chi connectivity index (χ0) is 30.8. The summed E-state index contributed by atoms with van der Waals surface area (Å²) in [6, 6.07) is 7.94. The Labute approximate surface area is 246 Å². The summed E-state index contributed by atoms with van der Waals surface area (Å²) in [5.74, 6) is -2.71. The van der Waals surface area contributed by atoms with Crippen molar-refractivity contribution < 1.29 is 41.0 Å². The number of hydrogen-bond acceptors (Lipinski definition) is 3. The third-order valence-electron chi connectivity index (χ3n) is 7.32. The van der Waals surface area contributed by atoms with Gasteiger partial charge in [0.1, 0.15) is 0 Å².